The molecule has 6 rings (SSSR count). The summed E-state index contributed by atoms with van der Waals surface area (Å²) in [5, 5.41) is 20.9. The molecule has 0 amide bonds. The molecule has 1 aliphatic rings. The smallest absolute Gasteiger partial charge is 0.228 e. The van der Waals surface area contributed by atoms with E-state index in [9.17, 15) is 8.42 Å². The number of aryl methyl sites for hydroxylation is 1. The lowest BCUT2D eigenvalue weighted by molar-refractivity contribution is 0.558. The molecule has 0 spiro atoms. The highest BCUT2D eigenvalue weighted by molar-refractivity contribution is 7.91. The fourth-order valence-electron chi connectivity index (χ4n) is 5.07. The summed E-state index contributed by atoms with van der Waals surface area (Å²) in [7, 11) is -3.93. The van der Waals surface area contributed by atoms with E-state index in [1.165, 1.54) is 6.20 Å². The number of H-pyrrole nitrogens is 1. The molecule has 1 saturated carbocycles. The van der Waals surface area contributed by atoms with E-state index < -0.39 is 9.84 Å². The van der Waals surface area contributed by atoms with Crippen LogP contribution in [0.2, 0.25) is 0 Å². The summed E-state index contributed by atoms with van der Waals surface area (Å²) in [6, 6.07) is 10.7. The molecule has 4 heterocycles. The summed E-state index contributed by atoms with van der Waals surface area (Å²) in [4.78, 5) is 16.0. The standard InChI is InChI=1S/C25H23N9O2S/c1-15-4-2-3-5-20(15)37(35,36)25-24-33-32-23(34(24)19-8-9-27-22(19)31-25)17-7-6-16(10-17)12-29-21-14-28-18(11-26)13-30-21/h2-5,8-9,13-14,16-17,27H,6-7,10,12H2,1H3,(H,29,30)/t16-,17-/m0/s1. The van der Waals surface area contributed by atoms with Crippen molar-refractivity contribution in [3.63, 3.8) is 0 Å². The highest BCUT2D eigenvalue weighted by Gasteiger charge is 2.33. The maximum Gasteiger partial charge on any atom is 0.228 e. The quantitative estimate of drug-likeness (QED) is 0.347. The molecule has 2 N–H and O–H groups in total. The van der Waals surface area contributed by atoms with E-state index >= 15 is 0 Å². The Hall–Kier alpha value is -4.37. The zero-order valence-corrected chi connectivity index (χ0v) is 20.8. The van der Waals surface area contributed by atoms with Crippen LogP contribution in [0, 0.1) is 24.2 Å². The Kier molecular flexibility index (Phi) is 5.57. The second-order valence-electron chi connectivity index (χ2n) is 9.27. The topological polar surface area (TPSA) is 155 Å². The predicted octanol–water partition coefficient (Wildman–Crippen LogP) is 3.40. The number of hydrogen-bond acceptors (Lipinski definition) is 9. The molecule has 1 aromatic carbocycles. The number of aromatic nitrogens is 7. The van der Waals surface area contributed by atoms with Gasteiger partial charge >= 0.3 is 0 Å². The van der Waals surface area contributed by atoms with Crippen LogP contribution in [0.15, 0.2) is 58.8 Å². The van der Waals surface area contributed by atoms with Crippen molar-refractivity contribution >= 4 is 32.5 Å². The van der Waals surface area contributed by atoms with E-state index in [0.717, 1.165) is 30.6 Å². The largest absolute Gasteiger partial charge is 0.369 e. The van der Waals surface area contributed by atoms with Crippen molar-refractivity contribution in [3.8, 4) is 6.07 Å². The molecule has 2 atom stereocenters. The maximum atomic E-state index is 13.7. The van der Waals surface area contributed by atoms with Gasteiger partial charge in [-0.1, -0.05) is 18.2 Å². The molecule has 12 heteroatoms. The van der Waals surface area contributed by atoms with E-state index in [1.54, 1.807) is 43.6 Å². The number of nitrogens with one attached hydrogen (secondary N) is 2. The van der Waals surface area contributed by atoms with Crippen molar-refractivity contribution in [1.29, 1.82) is 5.26 Å². The third-order valence-corrected chi connectivity index (χ3v) is 8.74. The average Bonchev–Trinajstić information content (AvgIpc) is 3.66. The van der Waals surface area contributed by atoms with E-state index in [1.807, 2.05) is 16.5 Å². The van der Waals surface area contributed by atoms with Crippen LogP contribution in [0.4, 0.5) is 5.82 Å². The lowest BCUT2D eigenvalue weighted by atomic mass is 10.0. The van der Waals surface area contributed by atoms with Gasteiger partial charge in [0.25, 0.3) is 0 Å². The molecule has 0 aliphatic heterocycles. The lowest BCUT2D eigenvalue weighted by Crippen LogP contribution is -2.13. The number of fused-ring (bicyclic) bond motifs is 3. The first-order chi connectivity index (χ1) is 18.0. The second-order valence-corrected chi connectivity index (χ2v) is 11.1. The number of rotatable bonds is 6. The second kappa shape index (κ2) is 8.94. The molecule has 0 saturated heterocycles. The third-order valence-electron chi connectivity index (χ3n) is 6.92. The van der Waals surface area contributed by atoms with Crippen LogP contribution in [0.5, 0.6) is 0 Å². The minimum absolute atomic E-state index is 0.105. The van der Waals surface area contributed by atoms with Gasteiger partial charge in [0.05, 0.1) is 22.8 Å². The minimum atomic E-state index is -3.93. The summed E-state index contributed by atoms with van der Waals surface area (Å²) in [5.41, 5.74) is 2.37. The molecule has 1 aliphatic carbocycles. The van der Waals surface area contributed by atoms with Gasteiger partial charge in [-0.25, -0.2) is 23.4 Å². The van der Waals surface area contributed by atoms with Crippen molar-refractivity contribution in [2.24, 2.45) is 5.92 Å². The van der Waals surface area contributed by atoms with Crippen LogP contribution in [-0.2, 0) is 9.84 Å². The molecule has 0 radical (unpaired) electrons. The SMILES string of the molecule is Cc1ccccc1S(=O)(=O)c1nc2[nH]ccc2n2c([C@H]3CC[C@H](CNc4cnc(C#N)cn4)C3)nnc12. The highest BCUT2D eigenvalue weighted by Crippen LogP contribution is 2.39. The zero-order valence-electron chi connectivity index (χ0n) is 20.0. The van der Waals surface area contributed by atoms with Gasteiger partial charge < -0.3 is 10.3 Å². The molecule has 4 aromatic heterocycles. The first kappa shape index (κ1) is 23.1. The monoisotopic (exact) mass is 513 g/mol. The van der Waals surface area contributed by atoms with Crippen LogP contribution < -0.4 is 5.32 Å². The summed E-state index contributed by atoms with van der Waals surface area (Å²) >= 11 is 0. The van der Waals surface area contributed by atoms with Crippen LogP contribution in [0.25, 0.3) is 16.8 Å². The zero-order chi connectivity index (χ0) is 25.6. The van der Waals surface area contributed by atoms with Gasteiger partial charge in [-0.15, -0.1) is 10.2 Å². The van der Waals surface area contributed by atoms with Crippen molar-refractivity contribution in [2.75, 3.05) is 11.9 Å². The van der Waals surface area contributed by atoms with Crippen molar-refractivity contribution in [2.45, 2.75) is 42.0 Å². The van der Waals surface area contributed by atoms with Gasteiger partial charge in [0.1, 0.15) is 17.7 Å². The van der Waals surface area contributed by atoms with Gasteiger partial charge in [-0.05, 0) is 49.8 Å². The fourth-order valence-corrected chi connectivity index (χ4v) is 6.62. The Balaban J connectivity index is 1.32. The molecule has 0 unspecified atom stereocenters. The van der Waals surface area contributed by atoms with E-state index in [4.69, 9.17) is 5.26 Å². The summed E-state index contributed by atoms with van der Waals surface area (Å²) < 4.78 is 29.2. The van der Waals surface area contributed by atoms with Gasteiger partial charge in [-0.3, -0.25) is 4.40 Å². The highest BCUT2D eigenvalue weighted by atomic mass is 32.2. The molecule has 11 nitrogen and oxygen atoms in total. The van der Waals surface area contributed by atoms with Gasteiger partial charge in [0.2, 0.25) is 14.9 Å². The lowest BCUT2D eigenvalue weighted by Gasteiger charge is -2.13. The van der Waals surface area contributed by atoms with Gasteiger partial charge in [0, 0.05) is 18.7 Å². The maximum absolute atomic E-state index is 13.7. The van der Waals surface area contributed by atoms with Crippen molar-refractivity contribution in [3.05, 3.63) is 66.0 Å². The van der Waals surface area contributed by atoms with Crippen molar-refractivity contribution in [1.82, 2.24) is 34.5 Å². The molecule has 0 bridgehead atoms. The fraction of sp³-hybridized carbons (Fsp3) is 0.280. The Bertz CT molecular complexity index is 1770. The number of sulfone groups is 1. The van der Waals surface area contributed by atoms with Crippen LogP contribution >= 0.6 is 0 Å². The Morgan fingerprint density at radius 1 is 1.16 bits per heavy atom. The Labute approximate surface area is 212 Å². The summed E-state index contributed by atoms with van der Waals surface area (Å²) in [6.07, 6.45) is 7.49. The Morgan fingerprint density at radius 3 is 2.81 bits per heavy atom. The molecular weight excluding hydrogens is 490 g/mol. The number of hydrogen-bond donors (Lipinski definition) is 2. The van der Waals surface area contributed by atoms with Crippen LogP contribution in [0.3, 0.4) is 0 Å². The molecule has 5 aromatic rings. The normalized spacial score (nSPS) is 17.8. The Morgan fingerprint density at radius 2 is 2.03 bits per heavy atom. The summed E-state index contributed by atoms with van der Waals surface area (Å²) in [6.45, 7) is 2.48. The van der Waals surface area contributed by atoms with Gasteiger partial charge in [-0.2, -0.15) is 5.26 Å². The first-order valence-corrected chi connectivity index (χ1v) is 13.4. The predicted molar refractivity (Wildman–Crippen MR) is 135 cm³/mol. The van der Waals surface area contributed by atoms with Crippen molar-refractivity contribution < 1.29 is 8.42 Å². The van der Waals surface area contributed by atoms with E-state index in [-0.39, 0.29) is 27.2 Å². The van der Waals surface area contributed by atoms with Crippen LogP contribution in [-0.4, -0.2) is 49.5 Å². The molecular formula is C25H23N9O2S. The van der Waals surface area contributed by atoms with Crippen LogP contribution in [0.1, 0.15) is 42.3 Å². The third kappa shape index (κ3) is 3.97. The number of benzene rings is 1. The number of anilines is 1. The van der Waals surface area contributed by atoms with E-state index in [0.29, 0.717) is 29.5 Å². The van der Waals surface area contributed by atoms with E-state index in [2.05, 4.69) is 35.5 Å². The number of nitrogens with zero attached hydrogens (tertiary/aromatic N) is 7. The molecule has 37 heavy (non-hydrogen) atoms. The molecule has 186 valence electrons. The minimum Gasteiger partial charge on any atom is -0.369 e. The molecule has 1 fully saturated rings. The number of nitriles is 1. The first-order valence-electron chi connectivity index (χ1n) is 11.9. The number of aromatic amines is 1. The van der Waals surface area contributed by atoms with Gasteiger partial charge in [0.15, 0.2) is 17.0 Å². The average molecular weight is 514 g/mol. The summed E-state index contributed by atoms with van der Waals surface area (Å²) in [5.74, 6) is 1.85.